The Hall–Kier alpha value is -1.07. The van der Waals surface area contributed by atoms with Crippen LogP contribution in [0.3, 0.4) is 0 Å². The second-order valence-electron chi connectivity index (χ2n) is 4.40. The summed E-state index contributed by atoms with van der Waals surface area (Å²) in [4.78, 5) is 22.4. The van der Waals surface area contributed by atoms with Gasteiger partial charge in [0.15, 0.2) is 0 Å². The number of carboxylic acids is 1. The van der Waals surface area contributed by atoms with Gasteiger partial charge in [-0.25, -0.2) is 0 Å². The SMILES string of the molecule is Cc1cc(C(=O)NC(C)CCC(=O)O)cc(Cl)c1Br. The van der Waals surface area contributed by atoms with Gasteiger partial charge in [-0.3, -0.25) is 9.59 Å². The van der Waals surface area contributed by atoms with E-state index in [1.165, 1.54) is 0 Å². The van der Waals surface area contributed by atoms with Gasteiger partial charge in [0, 0.05) is 22.5 Å². The lowest BCUT2D eigenvalue weighted by Gasteiger charge is -2.13. The molecule has 6 heteroatoms. The number of hydrogen-bond acceptors (Lipinski definition) is 2. The molecule has 4 nitrogen and oxygen atoms in total. The van der Waals surface area contributed by atoms with Crippen LogP contribution >= 0.6 is 27.5 Å². The van der Waals surface area contributed by atoms with Crippen LogP contribution in [0.4, 0.5) is 0 Å². The van der Waals surface area contributed by atoms with E-state index in [0.29, 0.717) is 17.0 Å². The van der Waals surface area contributed by atoms with Crippen LogP contribution in [0, 0.1) is 6.92 Å². The second kappa shape index (κ2) is 6.91. The smallest absolute Gasteiger partial charge is 0.303 e. The predicted molar refractivity (Wildman–Crippen MR) is 77.7 cm³/mol. The highest BCUT2D eigenvalue weighted by Gasteiger charge is 2.13. The molecule has 0 saturated heterocycles. The summed E-state index contributed by atoms with van der Waals surface area (Å²) in [5.41, 5.74) is 1.34. The number of aryl methyl sites for hydroxylation is 1. The van der Waals surface area contributed by atoms with Crippen LogP contribution in [0.5, 0.6) is 0 Å². The zero-order chi connectivity index (χ0) is 14.6. The number of halogens is 2. The number of carbonyl (C=O) groups excluding carboxylic acids is 1. The van der Waals surface area contributed by atoms with Crippen molar-refractivity contribution < 1.29 is 14.7 Å². The first-order valence-electron chi connectivity index (χ1n) is 5.79. The number of carbonyl (C=O) groups is 2. The fourth-order valence-electron chi connectivity index (χ4n) is 1.58. The van der Waals surface area contributed by atoms with E-state index >= 15 is 0 Å². The van der Waals surface area contributed by atoms with Crippen LogP contribution in [0.25, 0.3) is 0 Å². The zero-order valence-corrected chi connectivity index (χ0v) is 13.0. The highest BCUT2D eigenvalue weighted by Crippen LogP contribution is 2.27. The maximum absolute atomic E-state index is 12.0. The minimum Gasteiger partial charge on any atom is -0.481 e. The molecular formula is C13H15BrClNO3. The normalized spacial score (nSPS) is 12.0. The zero-order valence-electron chi connectivity index (χ0n) is 10.7. The van der Waals surface area contributed by atoms with E-state index in [0.717, 1.165) is 10.0 Å². The van der Waals surface area contributed by atoms with Crippen molar-refractivity contribution in [3.8, 4) is 0 Å². The number of carboxylic acid groups (broad SMARTS) is 1. The Bertz CT molecular complexity index is 482. The van der Waals surface area contributed by atoms with E-state index in [9.17, 15) is 9.59 Å². The minimum absolute atomic E-state index is 0.0293. The fourth-order valence-corrected chi connectivity index (χ4v) is 2.07. The van der Waals surface area contributed by atoms with Crippen molar-refractivity contribution in [2.75, 3.05) is 0 Å². The molecule has 0 aliphatic carbocycles. The lowest BCUT2D eigenvalue weighted by Crippen LogP contribution is -2.33. The third-order valence-corrected chi connectivity index (χ3v) is 4.22. The van der Waals surface area contributed by atoms with Gasteiger partial charge in [-0.05, 0) is 53.9 Å². The van der Waals surface area contributed by atoms with E-state index in [2.05, 4.69) is 21.2 Å². The van der Waals surface area contributed by atoms with Gasteiger partial charge in [0.1, 0.15) is 0 Å². The van der Waals surface area contributed by atoms with E-state index in [1.807, 2.05) is 6.92 Å². The molecule has 0 aromatic heterocycles. The first-order chi connectivity index (χ1) is 8.81. The number of aliphatic carboxylic acids is 1. The van der Waals surface area contributed by atoms with Crippen molar-refractivity contribution >= 4 is 39.4 Å². The number of hydrogen-bond donors (Lipinski definition) is 2. The Kier molecular flexibility index (Phi) is 5.82. The largest absolute Gasteiger partial charge is 0.481 e. The van der Waals surface area contributed by atoms with Crippen LogP contribution in [-0.4, -0.2) is 23.0 Å². The molecule has 1 rings (SSSR count). The first kappa shape index (κ1) is 16.0. The van der Waals surface area contributed by atoms with Crippen LogP contribution in [0.15, 0.2) is 16.6 Å². The Morgan fingerprint density at radius 2 is 2.11 bits per heavy atom. The first-order valence-corrected chi connectivity index (χ1v) is 6.96. The summed E-state index contributed by atoms with van der Waals surface area (Å²) < 4.78 is 0.768. The number of amides is 1. The van der Waals surface area contributed by atoms with Gasteiger partial charge in [0.05, 0.1) is 5.02 Å². The van der Waals surface area contributed by atoms with Gasteiger partial charge >= 0.3 is 5.97 Å². The molecular weight excluding hydrogens is 334 g/mol. The molecule has 0 radical (unpaired) electrons. The van der Waals surface area contributed by atoms with Gasteiger partial charge in [0.25, 0.3) is 5.91 Å². The molecule has 1 unspecified atom stereocenters. The van der Waals surface area contributed by atoms with Crippen LogP contribution in [0.2, 0.25) is 5.02 Å². The summed E-state index contributed by atoms with van der Waals surface area (Å²) in [5, 5.41) is 11.8. The Labute approximate surface area is 125 Å². The molecule has 1 atom stereocenters. The Morgan fingerprint density at radius 3 is 2.63 bits per heavy atom. The van der Waals surface area contributed by atoms with Crippen molar-refractivity contribution in [2.45, 2.75) is 32.7 Å². The van der Waals surface area contributed by atoms with Gasteiger partial charge in [-0.2, -0.15) is 0 Å². The number of rotatable bonds is 5. The quantitative estimate of drug-likeness (QED) is 0.857. The molecule has 1 aromatic rings. The van der Waals surface area contributed by atoms with Crippen LogP contribution in [0.1, 0.15) is 35.7 Å². The Morgan fingerprint density at radius 1 is 1.47 bits per heavy atom. The second-order valence-corrected chi connectivity index (χ2v) is 5.60. The topological polar surface area (TPSA) is 66.4 Å². The van der Waals surface area contributed by atoms with Crippen molar-refractivity contribution in [3.63, 3.8) is 0 Å². The standard InChI is InChI=1S/C13H15BrClNO3/c1-7-5-9(6-10(15)12(7)14)13(19)16-8(2)3-4-11(17)18/h5-6,8H,3-4H2,1-2H3,(H,16,19)(H,17,18). The van der Waals surface area contributed by atoms with E-state index in [4.69, 9.17) is 16.7 Å². The lowest BCUT2D eigenvalue weighted by molar-refractivity contribution is -0.137. The highest BCUT2D eigenvalue weighted by atomic mass is 79.9. The van der Waals surface area contributed by atoms with Crippen molar-refractivity contribution in [3.05, 3.63) is 32.8 Å². The molecule has 104 valence electrons. The average molecular weight is 349 g/mol. The molecule has 0 heterocycles. The summed E-state index contributed by atoms with van der Waals surface area (Å²) in [6.45, 7) is 3.62. The maximum atomic E-state index is 12.0. The molecule has 0 saturated carbocycles. The van der Waals surface area contributed by atoms with Crippen LogP contribution in [-0.2, 0) is 4.79 Å². The third kappa shape index (κ3) is 4.84. The van der Waals surface area contributed by atoms with Crippen molar-refractivity contribution in [2.24, 2.45) is 0 Å². The Balaban J connectivity index is 2.70. The summed E-state index contributed by atoms with van der Waals surface area (Å²) >= 11 is 9.32. The van der Waals surface area contributed by atoms with Crippen molar-refractivity contribution in [1.29, 1.82) is 0 Å². The summed E-state index contributed by atoms with van der Waals surface area (Å²) in [6.07, 6.45) is 0.423. The molecule has 2 N–H and O–H groups in total. The average Bonchev–Trinajstić information content (AvgIpc) is 2.32. The third-order valence-electron chi connectivity index (χ3n) is 2.64. The lowest BCUT2D eigenvalue weighted by atomic mass is 10.1. The monoisotopic (exact) mass is 347 g/mol. The summed E-state index contributed by atoms with van der Waals surface area (Å²) in [7, 11) is 0. The fraction of sp³-hybridized carbons (Fsp3) is 0.385. The van der Waals surface area contributed by atoms with Crippen LogP contribution < -0.4 is 5.32 Å². The predicted octanol–water partition coefficient (Wildman–Crippen LogP) is 3.39. The van der Waals surface area contributed by atoms with Gasteiger partial charge in [0.2, 0.25) is 0 Å². The number of benzene rings is 1. The highest BCUT2D eigenvalue weighted by molar-refractivity contribution is 9.10. The van der Waals surface area contributed by atoms with Crippen molar-refractivity contribution in [1.82, 2.24) is 5.32 Å². The van der Waals surface area contributed by atoms with Gasteiger partial charge in [-0.1, -0.05) is 11.6 Å². The van der Waals surface area contributed by atoms with E-state index in [-0.39, 0.29) is 18.4 Å². The van der Waals surface area contributed by atoms with Gasteiger partial charge in [-0.15, -0.1) is 0 Å². The molecule has 0 aliphatic rings. The summed E-state index contributed by atoms with van der Waals surface area (Å²) in [6, 6.07) is 3.11. The number of nitrogens with one attached hydrogen (secondary N) is 1. The molecule has 0 aliphatic heterocycles. The van der Waals surface area contributed by atoms with E-state index < -0.39 is 5.97 Å². The summed E-state index contributed by atoms with van der Waals surface area (Å²) in [5.74, 6) is -1.13. The molecule has 0 spiro atoms. The molecule has 1 aromatic carbocycles. The van der Waals surface area contributed by atoms with E-state index in [1.54, 1.807) is 19.1 Å². The van der Waals surface area contributed by atoms with Gasteiger partial charge < -0.3 is 10.4 Å². The minimum atomic E-state index is -0.872. The molecule has 0 fully saturated rings. The molecule has 19 heavy (non-hydrogen) atoms. The maximum Gasteiger partial charge on any atom is 0.303 e. The molecule has 1 amide bonds. The molecule has 0 bridgehead atoms.